The second kappa shape index (κ2) is 4.28. The predicted molar refractivity (Wildman–Crippen MR) is 58.7 cm³/mol. The highest BCUT2D eigenvalue weighted by molar-refractivity contribution is 5.57. The Morgan fingerprint density at radius 1 is 1.42 bits per heavy atom. The number of halogens is 3. The summed E-state index contributed by atoms with van der Waals surface area (Å²) in [6.07, 6.45) is -2.87. The number of isocyanates is 1. The van der Waals surface area contributed by atoms with Gasteiger partial charge >= 0.3 is 6.18 Å². The van der Waals surface area contributed by atoms with Gasteiger partial charge in [-0.25, -0.2) is 4.79 Å². The third-order valence-electron chi connectivity index (χ3n) is 3.11. The molecule has 1 aromatic carbocycles. The number of benzene rings is 1. The fraction of sp³-hybridized carbons (Fsp3) is 0.417. The summed E-state index contributed by atoms with van der Waals surface area (Å²) < 4.78 is 43.7. The molecule has 0 aromatic heterocycles. The van der Waals surface area contributed by atoms with Gasteiger partial charge in [-0.05, 0) is 25.0 Å². The van der Waals surface area contributed by atoms with E-state index in [1.807, 2.05) is 0 Å². The van der Waals surface area contributed by atoms with Gasteiger partial charge in [-0.2, -0.15) is 18.2 Å². The first-order chi connectivity index (χ1) is 8.85. The number of nitrogens with zero attached hydrogens (tertiary/aromatic N) is 1. The molecule has 7 heteroatoms. The van der Waals surface area contributed by atoms with Crippen LogP contribution < -0.4 is 4.74 Å². The summed E-state index contributed by atoms with van der Waals surface area (Å²) in [5, 5.41) is 9.92. The first-order valence-corrected chi connectivity index (χ1v) is 5.42. The zero-order valence-electron chi connectivity index (χ0n) is 9.91. The second-order valence-electron chi connectivity index (χ2n) is 4.27. The molecule has 1 aliphatic carbocycles. The van der Waals surface area contributed by atoms with Crippen LogP contribution >= 0.6 is 0 Å². The highest BCUT2D eigenvalue weighted by Gasteiger charge is 2.52. The number of rotatable bonds is 3. The van der Waals surface area contributed by atoms with Crippen LogP contribution in [0.4, 0.5) is 13.2 Å². The van der Waals surface area contributed by atoms with Crippen LogP contribution in [0.15, 0.2) is 17.1 Å². The minimum Gasteiger partial charge on any atom is -0.504 e. The normalized spacial score (nSPS) is 16.6. The van der Waals surface area contributed by atoms with Gasteiger partial charge in [0.1, 0.15) is 5.54 Å². The minimum atomic E-state index is -4.65. The van der Waals surface area contributed by atoms with E-state index in [0.717, 1.165) is 12.1 Å². The van der Waals surface area contributed by atoms with Gasteiger partial charge in [0.2, 0.25) is 6.08 Å². The van der Waals surface area contributed by atoms with Crippen LogP contribution in [0.1, 0.15) is 24.0 Å². The van der Waals surface area contributed by atoms with Crippen molar-refractivity contribution in [1.82, 2.24) is 0 Å². The van der Waals surface area contributed by atoms with E-state index in [-0.39, 0.29) is 18.6 Å². The standard InChI is InChI=1S/C12H10F3NO3/c1-19-8-3-2-7(12(13,14)15)9(10(8)18)11(4-5-11)16-6-17/h2-3,18H,4-5H2,1H3. The number of hydrogen-bond acceptors (Lipinski definition) is 4. The number of aromatic hydroxyl groups is 1. The number of methoxy groups -OCH3 is 1. The van der Waals surface area contributed by atoms with Crippen molar-refractivity contribution in [1.29, 1.82) is 0 Å². The molecule has 1 fully saturated rings. The highest BCUT2D eigenvalue weighted by Crippen LogP contribution is 2.57. The third-order valence-corrected chi connectivity index (χ3v) is 3.11. The zero-order chi connectivity index (χ0) is 14.3. The number of phenols is 1. The Morgan fingerprint density at radius 3 is 2.47 bits per heavy atom. The molecule has 4 nitrogen and oxygen atoms in total. The van der Waals surface area contributed by atoms with E-state index in [2.05, 4.69) is 4.99 Å². The highest BCUT2D eigenvalue weighted by atomic mass is 19.4. The maximum atomic E-state index is 13.0. The summed E-state index contributed by atoms with van der Waals surface area (Å²) in [5.74, 6) is -0.718. The number of ether oxygens (including phenoxy) is 1. The summed E-state index contributed by atoms with van der Waals surface area (Å²) >= 11 is 0. The summed E-state index contributed by atoms with van der Waals surface area (Å²) in [5.41, 5.74) is -2.75. The van der Waals surface area contributed by atoms with Crippen molar-refractivity contribution < 1.29 is 27.8 Å². The molecule has 1 aliphatic rings. The van der Waals surface area contributed by atoms with E-state index in [4.69, 9.17) is 4.74 Å². The predicted octanol–water partition coefficient (Wildman–Crippen LogP) is 2.74. The van der Waals surface area contributed by atoms with Gasteiger partial charge in [-0.15, -0.1) is 0 Å². The number of phenolic OH excluding ortho intramolecular Hbond substituents is 1. The van der Waals surface area contributed by atoms with E-state index in [1.54, 1.807) is 0 Å². The van der Waals surface area contributed by atoms with Crippen molar-refractivity contribution in [2.45, 2.75) is 24.6 Å². The first-order valence-electron chi connectivity index (χ1n) is 5.42. The minimum absolute atomic E-state index is 0.0876. The molecule has 0 amide bonds. The average molecular weight is 273 g/mol. The van der Waals surface area contributed by atoms with Crippen LogP contribution in [0.2, 0.25) is 0 Å². The Hall–Kier alpha value is -2.01. The molecular formula is C12H10F3NO3. The van der Waals surface area contributed by atoms with Crippen molar-refractivity contribution in [2.75, 3.05) is 7.11 Å². The fourth-order valence-corrected chi connectivity index (χ4v) is 2.07. The lowest BCUT2D eigenvalue weighted by molar-refractivity contribution is -0.138. The molecule has 102 valence electrons. The smallest absolute Gasteiger partial charge is 0.416 e. The molecule has 0 heterocycles. The Labute approximate surface area is 106 Å². The van der Waals surface area contributed by atoms with E-state index >= 15 is 0 Å². The maximum Gasteiger partial charge on any atom is 0.416 e. The summed E-state index contributed by atoms with van der Waals surface area (Å²) in [6, 6.07) is 1.84. The third kappa shape index (κ3) is 2.17. The molecule has 1 saturated carbocycles. The van der Waals surface area contributed by atoms with E-state index in [9.17, 15) is 23.1 Å². The zero-order valence-corrected chi connectivity index (χ0v) is 9.91. The van der Waals surface area contributed by atoms with Gasteiger partial charge in [0, 0.05) is 5.56 Å². The van der Waals surface area contributed by atoms with E-state index < -0.39 is 28.6 Å². The number of carbonyl (C=O) groups excluding carboxylic acids is 1. The van der Waals surface area contributed by atoms with Crippen molar-refractivity contribution >= 4 is 6.08 Å². The number of hydrogen-bond donors (Lipinski definition) is 1. The molecule has 0 saturated heterocycles. The molecule has 2 rings (SSSR count). The lowest BCUT2D eigenvalue weighted by atomic mass is 9.96. The topological polar surface area (TPSA) is 58.9 Å². The molecule has 0 bridgehead atoms. The lowest BCUT2D eigenvalue weighted by Crippen LogP contribution is -2.15. The van der Waals surface area contributed by atoms with Crippen molar-refractivity contribution in [2.24, 2.45) is 4.99 Å². The van der Waals surface area contributed by atoms with Gasteiger partial charge in [-0.1, -0.05) is 0 Å². The number of aliphatic imine (C=N–C) groups is 1. The summed E-state index contributed by atoms with van der Waals surface area (Å²) in [6.45, 7) is 0. The monoisotopic (exact) mass is 273 g/mol. The van der Waals surface area contributed by atoms with Gasteiger partial charge in [0.25, 0.3) is 0 Å². The van der Waals surface area contributed by atoms with Gasteiger partial charge in [0.15, 0.2) is 11.5 Å². The van der Waals surface area contributed by atoms with Crippen LogP contribution in [0.5, 0.6) is 11.5 Å². The van der Waals surface area contributed by atoms with Gasteiger partial charge in [0.05, 0.1) is 12.7 Å². The molecule has 0 radical (unpaired) electrons. The Kier molecular flexibility index (Phi) is 3.02. The van der Waals surface area contributed by atoms with Crippen molar-refractivity contribution in [3.63, 3.8) is 0 Å². The van der Waals surface area contributed by atoms with Crippen molar-refractivity contribution in [3.05, 3.63) is 23.3 Å². The molecule has 0 atom stereocenters. The molecule has 0 aliphatic heterocycles. The van der Waals surface area contributed by atoms with Gasteiger partial charge in [-0.3, -0.25) is 0 Å². The van der Waals surface area contributed by atoms with Crippen LogP contribution in [-0.2, 0) is 16.5 Å². The first kappa shape index (κ1) is 13.4. The van der Waals surface area contributed by atoms with Crippen molar-refractivity contribution in [3.8, 4) is 11.5 Å². The van der Waals surface area contributed by atoms with Crippen LogP contribution in [0, 0.1) is 0 Å². The Morgan fingerprint density at radius 2 is 2.05 bits per heavy atom. The molecule has 0 unspecified atom stereocenters. The molecule has 0 spiro atoms. The molecular weight excluding hydrogens is 263 g/mol. The molecule has 1 N–H and O–H groups in total. The maximum absolute atomic E-state index is 13.0. The quantitative estimate of drug-likeness (QED) is 0.680. The van der Waals surface area contributed by atoms with E-state index in [0.29, 0.717) is 0 Å². The van der Waals surface area contributed by atoms with E-state index in [1.165, 1.54) is 13.2 Å². The fourth-order valence-electron chi connectivity index (χ4n) is 2.07. The second-order valence-corrected chi connectivity index (χ2v) is 4.27. The van der Waals surface area contributed by atoms with Crippen LogP contribution in [-0.4, -0.2) is 18.3 Å². The summed E-state index contributed by atoms with van der Waals surface area (Å²) in [4.78, 5) is 13.8. The lowest BCUT2D eigenvalue weighted by Gasteiger charge is -2.19. The SMILES string of the molecule is COc1ccc(C(F)(F)F)c(C2(N=C=O)CC2)c1O. The van der Waals surface area contributed by atoms with Crippen LogP contribution in [0.25, 0.3) is 0 Å². The summed E-state index contributed by atoms with van der Waals surface area (Å²) in [7, 11) is 1.23. The van der Waals surface area contributed by atoms with Gasteiger partial charge < -0.3 is 9.84 Å². The van der Waals surface area contributed by atoms with Crippen LogP contribution in [0.3, 0.4) is 0 Å². The average Bonchev–Trinajstić information content (AvgIpc) is 3.08. The Bertz CT molecular complexity index is 558. The largest absolute Gasteiger partial charge is 0.504 e. The number of alkyl halides is 3. The molecule has 1 aromatic rings. The Balaban J connectivity index is 2.71. The molecule has 19 heavy (non-hydrogen) atoms.